The SMILES string of the molecule is O=C(N1CCCC(CCCl)C1)C12CC3CC(CC(C3)C1)C2. The van der Waals surface area contributed by atoms with Crippen LogP contribution in [0, 0.1) is 29.1 Å². The molecule has 1 saturated heterocycles. The number of rotatable bonds is 3. The predicted octanol–water partition coefficient (Wildman–Crippen LogP) is 4.07. The van der Waals surface area contributed by atoms with Crippen LogP contribution < -0.4 is 0 Å². The third kappa shape index (κ3) is 2.52. The van der Waals surface area contributed by atoms with Crippen LogP contribution in [0.15, 0.2) is 0 Å². The van der Waals surface area contributed by atoms with Crippen LogP contribution >= 0.6 is 11.6 Å². The van der Waals surface area contributed by atoms with Gasteiger partial charge in [-0.05, 0) is 81.5 Å². The minimum Gasteiger partial charge on any atom is -0.342 e. The number of halogens is 1. The van der Waals surface area contributed by atoms with Crippen molar-refractivity contribution in [2.24, 2.45) is 29.1 Å². The number of nitrogens with zero attached hydrogens (tertiary/aromatic N) is 1. The Morgan fingerprint density at radius 3 is 2.29 bits per heavy atom. The van der Waals surface area contributed by atoms with E-state index in [-0.39, 0.29) is 5.41 Å². The van der Waals surface area contributed by atoms with Crippen LogP contribution in [-0.2, 0) is 4.79 Å². The Balaban J connectivity index is 1.49. The highest BCUT2D eigenvalue weighted by Gasteiger charge is 2.55. The Bertz CT molecular complexity index is 384. The van der Waals surface area contributed by atoms with Gasteiger partial charge >= 0.3 is 0 Å². The molecule has 0 radical (unpaired) electrons. The number of hydrogen-bond donors (Lipinski definition) is 0. The van der Waals surface area contributed by atoms with E-state index in [1.807, 2.05) is 0 Å². The van der Waals surface area contributed by atoms with E-state index in [9.17, 15) is 4.79 Å². The average molecular weight is 310 g/mol. The first-order valence-electron chi connectivity index (χ1n) is 9.04. The van der Waals surface area contributed by atoms with Crippen molar-refractivity contribution in [1.82, 2.24) is 4.90 Å². The van der Waals surface area contributed by atoms with Crippen molar-refractivity contribution in [3.63, 3.8) is 0 Å². The maximum atomic E-state index is 13.3. The van der Waals surface area contributed by atoms with Gasteiger partial charge in [0.15, 0.2) is 0 Å². The molecule has 118 valence electrons. The fraction of sp³-hybridized carbons (Fsp3) is 0.944. The summed E-state index contributed by atoms with van der Waals surface area (Å²) in [6.07, 6.45) is 11.4. The van der Waals surface area contributed by atoms with Crippen molar-refractivity contribution in [3.05, 3.63) is 0 Å². The van der Waals surface area contributed by atoms with Crippen molar-refractivity contribution >= 4 is 17.5 Å². The van der Waals surface area contributed by atoms with Crippen LogP contribution in [0.25, 0.3) is 0 Å². The number of amides is 1. The molecule has 4 bridgehead atoms. The van der Waals surface area contributed by atoms with E-state index in [1.54, 1.807) is 0 Å². The highest BCUT2D eigenvalue weighted by atomic mass is 35.5. The van der Waals surface area contributed by atoms with Crippen molar-refractivity contribution in [3.8, 4) is 0 Å². The topological polar surface area (TPSA) is 20.3 Å². The average Bonchev–Trinajstić information content (AvgIpc) is 2.46. The van der Waals surface area contributed by atoms with Crippen molar-refractivity contribution in [2.75, 3.05) is 19.0 Å². The molecule has 4 aliphatic carbocycles. The Labute approximate surface area is 133 Å². The van der Waals surface area contributed by atoms with Gasteiger partial charge in [0.1, 0.15) is 0 Å². The highest BCUT2D eigenvalue weighted by molar-refractivity contribution is 6.17. The maximum Gasteiger partial charge on any atom is 0.228 e. The highest BCUT2D eigenvalue weighted by Crippen LogP contribution is 2.60. The second-order valence-electron chi connectivity index (χ2n) is 8.43. The summed E-state index contributed by atoms with van der Waals surface area (Å²) in [5.74, 6) is 4.51. The van der Waals surface area contributed by atoms with E-state index < -0.39 is 0 Å². The van der Waals surface area contributed by atoms with Gasteiger partial charge in [0.05, 0.1) is 5.41 Å². The normalized spacial score (nSPS) is 45.1. The summed E-state index contributed by atoms with van der Waals surface area (Å²) >= 11 is 5.92. The number of carbonyl (C=O) groups excluding carboxylic acids is 1. The first kappa shape index (κ1) is 14.4. The molecular weight excluding hydrogens is 282 g/mol. The van der Waals surface area contributed by atoms with Crippen molar-refractivity contribution < 1.29 is 4.79 Å². The second-order valence-corrected chi connectivity index (χ2v) is 8.81. The van der Waals surface area contributed by atoms with Crippen LogP contribution in [-0.4, -0.2) is 29.8 Å². The van der Waals surface area contributed by atoms with Crippen molar-refractivity contribution in [2.45, 2.75) is 57.8 Å². The van der Waals surface area contributed by atoms with Gasteiger partial charge in [-0.2, -0.15) is 0 Å². The molecule has 4 saturated carbocycles. The summed E-state index contributed by atoms with van der Waals surface area (Å²) in [6.45, 7) is 1.98. The van der Waals surface area contributed by atoms with E-state index in [0.29, 0.717) is 11.8 Å². The van der Waals surface area contributed by atoms with Gasteiger partial charge in [0.2, 0.25) is 5.91 Å². The molecule has 0 aromatic heterocycles. The third-order valence-corrected chi connectivity index (χ3v) is 7.03. The zero-order chi connectivity index (χ0) is 14.4. The summed E-state index contributed by atoms with van der Waals surface area (Å²) in [5.41, 5.74) is 0.0532. The predicted molar refractivity (Wildman–Crippen MR) is 85.2 cm³/mol. The fourth-order valence-electron chi connectivity index (χ4n) is 6.35. The van der Waals surface area contributed by atoms with Gasteiger partial charge in [-0.15, -0.1) is 11.6 Å². The molecule has 1 amide bonds. The summed E-state index contributed by atoms with van der Waals surface area (Å²) in [5, 5.41) is 0. The lowest BCUT2D eigenvalue weighted by Crippen LogP contribution is -2.56. The number of hydrogen-bond acceptors (Lipinski definition) is 1. The van der Waals surface area contributed by atoms with E-state index in [2.05, 4.69) is 4.90 Å². The summed E-state index contributed by atoms with van der Waals surface area (Å²) < 4.78 is 0. The summed E-state index contributed by atoms with van der Waals surface area (Å²) in [6, 6.07) is 0. The Morgan fingerprint density at radius 1 is 1.10 bits per heavy atom. The van der Waals surface area contributed by atoms with E-state index in [1.165, 1.54) is 51.4 Å². The number of likely N-dealkylation sites (tertiary alicyclic amines) is 1. The molecule has 1 aliphatic heterocycles. The molecule has 1 atom stereocenters. The Morgan fingerprint density at radius 2 is 1.71 bits per heavy atom. The number of carbonyl (C=O) groups is 1. The van der Waals surface area contributed by atoms with Crippen molar-refractivity contribution in [1.29, 1.82) is 0 Å². The van der Waals surface area contributed by atoms with Gasteiger partial charge in [-0.3, -0.25) is 4.79 Å². The first-order chi connectivity index (χ1) is 10.2. The number of piperidine rings is 1. The van der Waals surface area contributed by atoms with E-state index >= 15 is 0 Å². The molecule has 0 aromatic carbocycles. The maximum absolute atomic E-state index is 13.3. The standard InChI is InChI=1S/C18H28ClNO/c19-4-3-13-2-1-5-20(12-13)17(21)18-9-14-6-15(10-18)8-16(7-14)11-18/h13-16H,1-12H2. The van der Waals surface area contributed by atoms with Gasteiger partial charge in [0, 0.05) is 19.0 Å². The lowest BCUT2D eigenvalue weighted by Gasteiger charge is -2.57. The van der Waals surface area contributed by atoms with Gasteiger partial charge in [0.25, 0.3) is 0 Å². The number of alkyl halides is 1. The largest absolute Gasteiger partial charge is 0.342 e. The molecule has 3 heteroatoms. The zero-order valence-corrected chi connectivity index (χ0v) is 13.8. The molecule has 0 aromatic rings. The van der Waals surface area contributed by atoms with Crippen LogP contribution in [0.4, 0.5) is 0 Å². The van der Waals surface area contributed by atoms with Crippen LogP contribution in [0.1, 0.15) is 57.8 Å². The van der Waals surface area contributed by atoms with Crippen LogP contribution in [0.3, 0.4) is 0 Å². The fourth-order valence-corrected chi connectivity index (χ4v) is 6.66. The lowest BCUT2D eigenvalue weighted by molar-refractivity contribution is -0.159. The first-order valence-corrected chi connectivity index (χ1v) is 9.57. The second kappa shape index (κ2) is 5.44. The smallest absolute Gasteiger partial charge is 0.228 e. The Hall–Kier alpha value is -0.240. The monoisotopic (exact) mass is 309 g/mol. The molecule has 1 unspecified atom stereocenters. The Kier molecular flexibility index (Phi) is 3.72. The van der Waals surface area contributed by atoms with E-state index in [0.717, 1.165) is 43.1 Å². The van der Waals surface area contributed by atoms with E-state index in [4.69, 9.17) is 11.6 Å². The molecule has 5 fully saturated rings. The van der Waals surface area contributed by atoms with Gasteiger partial charge in [-0.1, -0.05) is 0 Å². The molecular formula is C18H28ClNO. The zero-order valence-electron chi connectivity index (χ0n) is 13.0. The molecule has 1 heterocycles. The molecule has 2 nitrogen and oxygen atoms in total. The lowest BCUT2D eigenvalue weighted by atomic mass is 9.49. The quantitative estimate of drug-likeness (QED) is 0.720. The van der Waals surface area contributed by atoms with Gasteiger partial charge < -0.3 is 4.90 Å². The molecule has 0 spiro atoms. The minimum absolute atomic E-state index is 0.0532. The molecule has 21 heavy (non-hydrogen) atoms. The molecule has 5 rings (SSSR count). The molecule has 0 N–H and O–H groups in total. The van der Waals surface area contributed by atoms with Gasteiger partial charge in [-0.25, -0.2) is 0 Å². The summed E-state index contributed by atoms with van der Waals surface area (Å²) in [7, 11) is 0. The van der Waals surface area contributed by atoms with Crippen LogP contribution in [0.2, 0.25) is 0 Å². The van der Waals surface area contributed by atoms with Crippen LogP contribution in [0.5, 0.6) is 0 Å². The summed E-state index contributed by atoms with van der Waals surface area (Å²) in [4.78, 5) is 15.5. The molecule has 5 aliphatic rings. The third-order valence-electron chi connectivity index (χ3n) is 6.82. The minimum atomic E-state index is 0.0532.